The van der Waals surface area contributed by atoms with Crippen LogP contribution in [0.5, 0.6) is 0 Å². The molecule has 0 amide bonds. The molecule has 136 valence electrons. The highest BCUT2D eigenvalue weighted by atomic mass is 35.5. The molecule has 3 rings (SSSR count). The zero-order valence-electron chi connectivity index (χ0n) is 14.1. The first-order valence-electron chi connectivity index (χ1n) is 8.36. The number of imidazole rings is 1. The molecule has 3 aromatic rings. The summed E-state index contributed by atoms with van der Waals surface area (Å²) in [5.41, 5.74) is 2.30. The Labute approximate surface area is 167 Å². The molecule has 0 aliphatic rings. The summed E-state index contributed by atoms with van der Waals surface area (Å²) < 4.78 is 15.2. The van der Waals surface area contributed by atoms with Gasteiger partial charge in [-0.15, -0.1) is 0 Å². The monoisotopic (exact) mass is 408 g/mol. The molecule has 26 heavy (non-hydrogen) atoms. The fourth-order valence-corrected chi connectivity index (χ4v) is 4.17. The van der Waals surface area contributed by atoms with E-state index in [0.29, 0.717) is 15.3 Å². The summed E-state index contributed by atoms with van der Waals surface area (Å²) in [4.78, 5) is 4.12. The van der Waals surface area contributed by atoms with E-state index in [4.69, 9.17) is 23.2 Å². The number of benzene rings is 2. The van der Waals surface area contributed by atoms with E-state index in [1.54, 1.807) is 6.20 Å². The van der Waals surface area contributed by atoms with Crippen LogP contribution in [0.2, 0.25) is 10.0 Å². The standard InChI is InChI=1S/C20H19Cl2FN2S/c21-19-8-4-16(11-20(19)22)13-26-18(12-25-10-9-24-14-25)7-3-15-1-5-17(23)6-2-15/h1-2,4-6,8-11,14,18H,3,7,12-13H2. The molecule has 6 heteroatoms. The summed E-state index contributed by atoms with van der Waals surface area (Å²) in [6.45, 7) is 0.882. The van der Waals surface area contributed by atoms with E-state index in [1.807, 2.05) is 54.6 Å². The quantitative estimate of drug-likeness (QED) is 0.437. The van der Waals surface area contributed by atoms with Crippen molar-refractivity contribution >= 4 is 35.0 Å². The van der Waals surface area contributed by atoms with Crippen molar-refractivity contribution < 1.29 is 4.39 Å². The first-order chi connectivity index (χ1) is 12.6. The van der Waals surface area contributed by atoms with Crippen LogP contribution in [0.1, 0.15) is 17.5 Å². The Morgan fingerprint density at radius 2 is 1.81 bits per heavy atom. The smallest absolute Gasteiger partial charge is 0.123 e. The molecular weight excluding hydrogens is 390 g/mol. The fraction of sp³-hybridized carbons (Fsp3) is 0.250. The Morgan fingerprint density at radius 3 is 2.50 bits per heavy atom. The van der Waals surface area contributed by atoms with E-state index in [1.165, 1.54) is 12.1 Å². The molecule has 0 saturated heterocycles. The highest BCUT2D eigenvalue weighted by Gasteiger charge is 2.12. The van der Waals surface area contributed by atoms with Crippen molar-refractivity contribution in [1.82, 2.24) is 9.55 Å². The molecule has 0 spiro atoms. The van der Waals surface area contributed by atoms with E-state index < -0.39 is 0 Å². The zero-order valence-corrected chi connectivity index (χ0v) is 16.4. The van der Waals surface area contributed by atoms with Crippen molar-refractivity contribution in [2.75, 3.05) is 0 Å². The van der Waals surface area contributed by atoms with Gasteiger partial charge in [-0.2, -0.15) is 11.8 Å². The van der Waals surface area contributed by atoms with E-state index in [0.717, 1.165) is 36.3 Å². The van der Waals surface area contributed by atoms with Crippen LogP contribution in [0.4, 0.5) is 4.39 Å². The van der Waals surface area contributed by atoms with Crippen LogP contribution >= 0.6 is 35.0 Å². The molecule has 0 N–H and O–H groups in total. The van der Waals surface area contributed by atoms with Gasteiger partial charge in [-0.1, -0.05) is 41.4 Å². The van der Waals surface area contributed by atoms with Crippen LogP contribution in [0, 0.1) is 5.82 Å². The molecule has 1 atom stereocenters. The van der Waals surface area contributed by atoms with Crippen LogP contribution < -0.4 is 0 Å². The largest absolute Gasteiger partial charge is 0.336 e. The van der Waals surface area contributed by atoms with Gasteiger partial charge < -0.3 is 4.57 Å². The molecule has 1 heterocycles. The topological polar surface area (TPSA) is 17.8 Å². The maximum atomic E-state index is 13.1. The lowest BCUT2D eigenvalue weighted by Gasteiger charge is -2.17. The SMILES string of the molecule is Fc1ccc(CCC(Cn2ccnc2)SCc2ccc(Cl)c(Cl)c2)cc1. The Bertz CT molecular complexity index is 822. The van der Waals surface area contributed by atoms with Gasteiger partial charge in [-0.3, -0.25) is 0 Å². The highest BCUT2D eigenvalue weighted by Crippen LogP contribution is 2.28. The molecule has 2 nitrogen and oxygen atoms in total. The first-order valence-corrected chi connectivity index (χ1v) is 10.2. The predicted molar refractivity (Wildman–Crippen MR) is 108 cm³/mol. The summed E-state index contributed by atoms with van der Waals surface area (Å²) in [6.07, 6.45) is 7.51. The third-order valence-corrected chi connectivity index (χ3v) is 6.21. The minimum absolute atomic E-state index is 0.197. The van der Waals surface area contributed by atoms with Gasteiger partial charge in [0.1, 0.15) is 5.82 Å². The maximum absolute atomic E-state index is 13.1. The third kappa shape index (κ3) is 5.76. The molecule has 0 radical (unpaired) electrons. The van der Waals surface area contributed by atoms with Gasteiger partial charge in [0.25, 0.3) is 0 Å². The van der Waals surface area contributed by atoms with Gasteiger partial charge in [0.05, 0.1) is 16.4 Å². The number of rotatable bonds is 8. The van der Waals surface area contributed by atoms with E-state index in [9.17, 15) is 4.39 Å². The van der Waals surface area contributed by atoms with Gasteiger partial charge in [0.15, 0.2) is 0 Å². The van der Waals surface area contributed by atoms with Gasteiger partial charge in [0, 0.05) is 29.9 Å². The van der Waals surface area contributed by atoms with Gasteiger partial charge >= 0.3 is 0 Å². The minimum atomic E-state index is -0.197. The number of nitrogens with zero attached hydrogens (tertiary/aromatic N) is 2. The second-order valence-corrected chi connectivity index (χ2v) is 8.21. The molecular formula is C20H19Cl2FN2S. The summed E-state index contributed by atoms with van der Waals surface area (Å²) in [7, 11) is 0. The molecule has 0 saturated carbocycles. The van der Waals surface area contributed by atoms with Crippen molar-refractivity contribution in [2.45, 2.75) is 30.4 Å². The van der Waals surface area contributed by atoms with Gasteiger partial charge in [0.2, 0.25) is 0 Å². The summed E-state index contributed by atoms with van der Waals surface area (Å²) in [5, 5.41) is 1.57. The van der Waals surface area contributed by atoms with Crippen LogP contribution in [-0.2, 0) is 18.7 Å². The molecule has 0 bridgehead atoms. The second-order valence-electron chi connectivity index (χ2n) is 6.11. The Kier molecular flexibility index (Phi) is 7.00. The zero-order chi connectivity index (χ0) is 18.4. The number of hydrogen-bond acceptors (Lipinski definition) is 2. The van der Waals surface area contributed by atoms with Crippen molar-refractivity contribution in [3.63, 3.8) is 0 Å². The number of aryl methyl sites for hydroxylation is 1. The Morgan fingerprint density at radius 1 is 1.04 bits per heavy atom. The lowest BCUT2D eigenvalue weighted by molar-refractivity contribution is 0.617. The average Bonchev–Trinajstić information content (AvgIpc) is 3.14. The van der Waals surface area contributed by atoms with Crippen molar-refractivity contribution in [2.24, 2.45) is 0 Å². The van der Waals surface area contributed by atoms with E-state index in [-0.39, 0.29) is 5.82 Å². The molecule has 0 fully saturated rings. The minimum Gasteiger partial charge on any atom is -0.336 e. The average molecular weight is 409 g/mol. The maximum Gasteiger partial charge on any atom is 0.123 e. The van der Waals surface area contributed by atoms with Crippen LogP contribution in [-0.4, -0.2) is 14.8 Å². The highest BCUT2D eigenvalue weighted by molar-refractivity contribution is 7.99. The normalized spacial score (nSPS) is 12.3. The van der Waals surface area contributed by atoms with Gasteiger partial charge in [-0.25, -0.2) is 9.37 Å². The number of aromatic nitrogens is 2. The number of thioether (sulfide) groups is 1. The molecule has 2 aromatic carbocycles. The van der Waals surface area contributed by atoms with Crippen molar-refractivity contribution in [1.29, 1.82) is 0 Å². The molecule has 1 unspecified atom stereocenters. The lowest BCUT2D eigenvalue weighted by Crippen LogP contribution is -2.13. The fourth-order valence-electron chi connectivity index (χ4n) is 2.68. The summed E-state index contributed by atoms with van der Waals surface area (Å²) >= 11 is 14.0. The molecule has 0 aliphatic heterocycles. The van der Waals surface area contributed by atoms with E-state index in [2.05, 4.69) is 9.55 Å². The van der Waals surface area contributed by atoms with Gasteiger partial charge in [-0.05, 0) is 48.2 Å². The Balaban J connectivity index is 1.62. The van der Waals surface area contributed by atoms with Crippen LogP contribution in [0.15, 0.2) is 61.2 Å². The summed E-state index contributed by atoms with van der Waals surface area (Å²) in [5.74, 6) is 0.664. The molecule has 1 aromatic heterocycles. The number of halogens is 3. The van der Waals surface area contributed by atoms with Crippen molar-refractivity contribution in [3.8, 4) is 0 Å². The number of hydrogen-bond donors (Lipinski definition) is 0. The van der Waals surface area contributed by atoms with Crippen LogP contribution in [0.3, 0.4) is 0 Å². The third-order valence-electron chi connectivity index (χ3n) is 4.11. The van der Waals surface area contributed by atoms with Crippen molar-refractivity contribution in [3.05, 3.63) is 88.2 Å². The van der Waals surface area contributed by atoms with Crippen LogP contribution in [0.25, 0.3) is 0 Å². The molecule has 0 aliphatic carbocycles. The predicted octanol–water partition coefficient (Wildman–Crippen LogP) is 6.26. The second kappa shape index (κ2) is 9.45. The first kappa shape index (κ1) is 19.3. The summed E-state index contributed by atoms with van der Waals surface area (Å²) in [6, 6.07) is 12.5. The lowest BCUT2D eigenvalue weighted by atomic mass is 10.1. The Hall–Kier alpha value is -1.49. The van der Waals surface area contributed by atoms with E-state index >= 15 is 0 Å².